The highest BCUT2D eigenvalue weighted by atomic mass is 16.1. The number of benzene rings is 2. The first-order valence-electron chi connectivity index (χ1n) is 11.7. The molecule has 0 aliphatic heterocycles. The highest BCUT2D eigenvalue weighted by Gasteiger charge is 2.34. The van der Waals surface area contributed by atoms with Gasteiger partial charge in [-0.3, -0.25) is 4.79 Å². The third-order valence-electron chi connectivity index (χ3n) is 7.10. The summed E-state index contributed by atoms with van der Waals surface area (Å²) in [6.07, 6.45) is 5.87. The summed E-state index contributed by atoms with van der Waals surface area (Å²) in [6.45, 7) is 0. The van der Waals surface area contributed by atoms with Crippen LogP contribution >= 0.6 is 0 Å². The average Bonchev–Trinajstić information content (AvgIpc) is 3.40. The number of aromatic nitrogens is 4. The predicted octanol–water partition coefficient (Wildman–Crippen LogP) is 5.26. The number of hydrogen-bond donors (Lipinski definition) is 1. The lowest BCUT2D eigenvalue weighted by Gasteiger charge is -2.23. The zero-order chi connectivity index (χ0) is 22.8. The molecule has 0 spiro atoms. The Bertz CT molecular complexity index is 1700. The highest BCUT2D eigenvalue weighted by Crippen LogP contribution is 2.40. The number of carbonyl (C=O) groups excluding carboxylic acids is 1. The Balaban J connectivity index is 1.59. The number of carbonyl (C=O) groups is 1. The van der Waals surface area contributed by atoms with Crippen LogP contribution in [-0.2, 0) is 0 Å². The zero-order valence-electron chi connectivity index (χ0n) is 18.4. The van der Waals surface area contributed by atoms with Gasteiger partial charge in [0.15, 0.2) is 17.1 Å². The van der Waals surface area contributed by atoms with Gasteiger partial charge >= 0.3 is 0 Å². The second-order valence-corrected chi connectivity index (χ2v) is 9.09. The van der Waals surface area contributed by atoms with Crippen LogP contribution in [0.15, 0.2) is 48.5 Å². The van der Waals surface area contributed by atoms with Crippen LogP contribution in [0.2, 0.25) is 0 Å². The first-order valence-corrected chi connectivity index (χ1v) is 11.7. The molecule has 0 radical (unpaired) electrons. The number of rotatable bonds is 2. The second kappa shape index (κ2) is 7.09. The van der Waals surface area contributed by atoms with Gasteiger partial charge in [0.1, 0.15) is 17.4 Å². The molecule has 2 aliphatic carbocycles. The van der Waals surface area contributed by atoms with Crippen LogP contribution in [0.1, 0.15) is 53.7 Å². The van der Waals surface area contributed by atoms with E-state index in [1.54, 1.807) is 6.07 Å². The van der Waals surface area contributed by atoms with Gasteiger partial charge in [0.05, 0.1) is 22.2 Å². The summed E-state index contributed by atoms with van der Waals surface area (Å²) in [5.41, 5.74) is 4.53. The number of nitrogens with zero attached hydrogens (tertiary/aromatic N) is 5. The molecule has 3 aromatic heterocycles. The van der Waals surface area contributed by atoms with Crippen molar-refractivity contribution in [3.63, 3.8) is 0 Å². The van der Waals surface area contributed by atoms with E-state index < -0.39 is 0 Å². The van der Waals surface area contributed by atoms with Gasteiger partial charge in [-0.1, -0.05) is 61.7 Å². The van der Waals surface area contributed by atoms with Crippen LogP contribution in [0, 0.1) is 11.3 Å². The first-order chi connectivity index (χ1) is 16.7. The molecule has 7 heteroatoms. The molecule has 0 amide bonds. The Morgan fingerprint density at radius 3 is 2.56 bits per heavy atom. The fraction of sp³-hybridized carbons (Fsp3) is 0.222. The number of anilines is 1. The van der Waals surface area contributed by atoms with E-state index in [1.165, 1.54) is 23.8 Å². The first kappa shape index (κ1) is 19.2. The number of nitrogens with one attached hydrogen (secondary N) is 1. The minimum atomic E-state index is -0.181. The Morgan fingerprint density at radius 1 is 0.971 bits per heavy atom. The topological polar surface area (TPSA) is 96.0 Å². The summed E-state index contributed by atoms with van der Waals surface area (Å²) in [4.78, 5) is 23.1. The quantitative estimate of drug-likeness (QED) is 0.391. The largest absolute Gasteiger partial charge is 0.367 e. The number of pyridine rings is 1. The third kappa shape index (κ3) is 2.57. The maximum atomic E-state index is 13.2. The van der Waals surface area contributed by atoms with Gasteiger partial charge in [-0.15, -0.1) is 0 Å². The molecule has 5 aromatic rings. The summed E-state index contributed by atoms with van der Waals surface area (Å²) in [5.74, 6) is 0.559. The van der Waals surface area contributed by atoms with Crippen molar-refractivity contribution in [1.82, 2.24) is 19.6 Å². The van der Waals surface area contributed by atoms with E-state index >= 15 is 0 Å². The summed E-state index contributed by atoms with van der Waals surface area (Å²) in [5, 5.41) is 20.3. The van der Waals surface area contributed by atoms with Crippen LogP contribution in [0.4, 0.5) is 5.82 Å². The molecule has 164 valence electrons. The van der Waals surface area contributed by atoms with Crippen LogP contribution in [-0.4, -0.2) is 31.4 Å². The predicted molar refractivity (Wildman–Crippen MR) is 130 cm³/mol. The smallest absolute Gasteiger partial charge is 0.198 e. The number of ketones is 1. The lowest BCUT2D eigenvalue weighted by Crippen LogP contribution is -2.23. The van der Waals surface area contributed by atoms with Gasteiger partial charge in [-0.25, -0.2) is 14.5 Å². The average molecular weight is 444 g/mol. The Hall–Kier alpha value is -4.31. The summed E-state index contributed by atoms with van der Waals surface area (Å²) in [6, 6.07) is 17.9. The number of nitriles is 1. The second-order valence-electron chi connectivity index (χ2n) is 9.09. The minimum Gasteiger partial charge on any atom is -0.367 e. The van der Waals surface area contributed by atoms with Crippen LogP contribution < -0.4 is 5.32 Å². The lowest BCUT2D eigenvalue weighted by molar-refractivity contribution is 0.104. The molecule has 1 fully saturated rings. The van der Waals surface area contributed by atoms with E-state index in [0.29, 0.717) is 28.5 Å². The van der Waals surface area contributed by atoms with Crippen LogP contribution in [0.25, 0.3) is 38.7 Å². The highest BCUT2D eigenvalue weighted by molar-refractivity contribution is 6.23. The molecule has 34 heavy (non-hydrogen) atoms. The zero-order valence-corrected chi connectivity index (χ0v) is 18.4. The van der Waals surface area contributed by atoms with Gasteiger partial charge in [0, 0.05) is 22.6 Å². The molecular formula is C27H20N6O. The lowest BCUT2D eigenvalue weighted by atomic mass is 9.95. The molecule has 0 bridgehead atoms. The third-order valence-corrected chi connectivity index (χ3v) is 7.10. The number of fused-ring (bicyclic) bond motifs is 8. The van der Waals surface area contributed by atoms with Crippen molar-refractivity contribution in [3.05, 3.63) is 65.4 Å². The SMILES string of the molecule is N#Cc1c2c(nc3c4c(NC5CCCCC5)nc5ccccc5c4nn13)-c1ccccc1C2=O. The Kier molecular flexibility index (Phi) is 4.00. The molecule has 2 aliphatic rings. The van der Waals surface area contributed by atoms with E-state index in [9.17, 15) is 10.1 Å². The van der Waals surface area contributed by atoms with E-state index in [4.69, 9.17) is 15.1 Å². The van der Waals surface area contributed by atoms with Crippen molar-refractivity contribution in [2.75, 3.05) is 5.32 Å². The molecule has 3 heterocycles. The molecular weight excluding hydrogens is 424 g/mol. The van der Waals surface area contributed by atoms with Crippen molar-refractivity contribution in [2.45, 2.75) is 38.1 Å². The van der Waals surface area contributed by atoms with Crippen molar-refractivity contribution < 1.29 is 4.79 Å². The van der Waals surface area contributed by atoms with Gasteiger partial charge in [0.2, 0.25) is 0 Å². The minimum absolute atomic E-state index is 0.181. The molecule has 2 aromatic carbocycles. The van der Waals surface area contributed by atoms with Gasteiger partial charge in [-0.05, 0) is 18.9 Å². The number of hydrogen-bond acceptors (Lipinski definition) is 6. The maximum absolute atomic E-state index is 13.2. The van der Waals surface area contributed by atoms with Crippen molar-refractivity contribution in [1.29, 1.82) is 5.26 Å². The van der Waals surface area contributed by atoms with Crippen LogP contribution in [0.5, 0.6) is 0 Å². The van der Waals surface area contributed by atoms with Crippen molar-refractivity contribution in [2.24, 2.45) is 0 Å². The van der Waals surface area contributed by atoms with E-state index in [-0.39, 0.29) is 11.5 Å². The Labute approximate surface area is 195 Å². The molecule has 0 saturated heterocycles. The fourth-order valence-electron chi connectivity index (χ4n) is 5.48. The molecule has 7 nitrogen and oxygen atoms in total. The van der Waals surface area contributed by atoms with Gasteiger partial charge in [0.25, 0.3) is 0 Å². The summed E-state index contributed by atoms with van der Waals surface area (Å²) in [7, 11) is 0. The standard InChI is InChI=1S/C27H20N6O/c28-14-20-21-23(16-10-4-5-11-17(16)25(21)34)31-27-22-24(32-33(20)27)18-12-6-7-13-19(18)30-26(22)29-15-8-2-1-3-9-15/h4-7,10-13,15H,1-3,8-9H2,(H,29,30). The van der Waals surface area contributed by atoms with Gasteiger partial charge in [-0.2, -0.15) is 10.4 Å². The summed E-state index contributed by atoms with van der Waals surface area (Å²) < 4.78 is 1.54. The van der Waals surface area contributed by atoms with E-state index in [1.807, 2.05) is 42.5 Å². The molecule has 7 rings (SSSR count). The maximum Gasteiger partial charge on any atom is 0.198 e. The van der Waals surface area contributed by atoms with Crippen molar-refractivity contribution >= 4 is 39.1 Å². The molecule has 1 saturated carbocycles. The molecule has 1 N–H and O–H groups in total. The van der Waals surface area contributed by atoms with Crippen molar-refractivity contribution in [3.8, 4) is 17.3 Å². The van der Waals surface area contributed by atoms with Gasteiger partial charge < -0.3 is 5.32 Å². The fourth-order valence-corrected chi connectivity index (χ4v) is 5.48. The molecule has 0 unspecified atom stereocenters. The normalized spacial score (nSPS) is 15.6. The monoisotopic (exact) mass is 444 g/mol. The summed E-state index contributed by atoms with van der Waals surface area (Å²) >= 11 is 0. The molecule has 0 atom stereocenters. The van der Waals surface area contributed by atoms with E-state index in [2.05, 4.69) is 11.4 Å². The number of para-hydroxylation sites is 1. The van der Waals surface area contributed by atoms with E-state index in [0.717, 1.165) is 46.0 Å². The van der Waals surface area contributed by atoms with Crippen LogP contribution in [0.3, 0.4) is 0 Å². The Morgan fingerprint density at radius 2 is 1.74 bits per heavy atom.